The Morgan fingerprint density at radius 3 is 2.68 bits per heavy atom. The van der Waals surface area contributed by atoms with Crippen molar-refractivity contribution < 1.29 is 8.42 Å². The van der Waals surface area contributed by atoms with Gasteiger partial charge in [-0.15, -0.1) is 12.4 Å². The van der Waals surface area contributed by atoms with E-state index < -0.39 is 10.0 Å². The van der Waals surface area contributed by atoms with Crippen molar-refractivity contribution >= 4 is 22.4 Å². The van der Waals surface area contributed by atoms with E-state index in [1.165, 1.54) is 11.1 Å². The van der Waals surface area contributed by atoms with Gasteiger partial charge in [0.05, 0.1) is 4.90 Å². The number of sulfonamides is 1. The number of rotatable bonds is 4. The molecular weight excluding hydrogens is 320 g/mol. The topological polar surface area (TPSA) is 72.2 Å². The highest BCUT2D eigenvalue weighted by Gasteiger charge is 2.23. The summed E-state index contributed by atoms with van der Waals surface area (Å²) in [4.78, 5) is 0.406. The van der Waals surface area contributed by atoms with Crippen molar-refractivity contribution in [3.05, 3.63) is 29.3 Å². The van der Waals surface area contributed by atoms with Gasteiger partial charge in [-0.25, -0.2) is 13.1 Å². The quantitative estimate of drug-likeness (QED) is 0.880. The van der Waals surface area contributed by atoms with E-state index >= 15 is 0 Å². The molecule has 1 aromatic rings. The molecule has 124 valence electrons. The first-order valence-corrected chi connectivity index (χ1v) is 9.40. The zero-order valence-corrected chi connectivity index (χ0v) is 14.4. The Hall–Kier alpha value is -0.620. The Labute approximate surface area is 139 Å². The molecule has 22 heavy (non-hydrogen) atoms. The van der Waals surface area contributed by atoms with Crippen LogP contribution in [0.15, 0.2) is 23.1 Å². The number of halogens is 1. The minimum absolute atomic E-state index is 0. The lowest BCUT2D eigenvalue weighted by Crippen LogP contribution is -2.35. The van der Waals surface area contributed by atoms with Crippen LogP contribution in [0.1, 0.15) is 43.2 Å². The van der Waals surface area contributed by atoms with E-state index in [-0.39, 0.29) is 18.4 Å². The third-order valence-corrected chi connectivity index (χ3v) is 6.19. The van der Waals surface area contributed by atoms with Gasteiger partial charge in [-0.1, -0.05) is 12.5 Å². The standard InChI is InChI=1S/C16H24N2O2S.ClH/c17-15-6-1-3-12(9-15)11-18-21(19,20)16-8-7-13-4-2-5-14(13)10-16;/h7-8,10,12,15,18H,1-6,9,11,17H2;1H. The molecule has 2 aliphatic carbocycles. The highest BCUT2D eigenvalue weighted by atomic mass is 35.5. The van der Waals surface area contributed by atoms with Crippen LogP contribution in [0.25, 0.3) is 0 Å². The molecule has 0 heterocycles. The third-order valence-electron chi connectivity index (χ3n) is 4.77. The van der Waals surface area contributed by atoms with Crippen LogP contribution < -0.4 is 10.5 Å². The van der Waals surface area contributed by atoms with E-state index in [0.29, 0.717) is 17.4 Å². The van der Waals surface area contributed by atoms with Crippen LogP contribution in [0.3, 0.4) is 0 Å². The smallest absolute Gasteiger partial charge is 0.240 e. The van der Waals surface area contributed by atoms with E-state index in [9.17, 15) is 8.42 Å². The van der Waals surface area contributed by atoms with Gasteiger partial charge in [0.2, 0.25) is 10.0 Å². The van der Waals surface area contributed by atoms with Gasteiger partial charge >= 0.3 is 0 Å². The molecule has 3 N–H and O–H groups in total. The van der Waals surface area contributed by atoms with Crippen LogP contribution in [0.4, 0.5) is 0 Å². The lowest BCUT2D eigenvalue weighted by Gasteiger charge is -2.26. The second-order valence-corrected chi connectivity index (χ2v) is 8.20. The predicted molar refractivity (Wildman–Crippen MR) is 90.8 cm³/mol. The molecule has 1 saturated carbocycles. The summed E-state index contributed by atoms with van der Waals surface area (Å²) in [6.45, 7) is 0.507. The van der Waals surface area contributed by atoms with Crippen LogP contribution >= 0.6 is 12.4 Å². The summed E-state index contributed by atoms with van der Waals surface area (Å²) in [6, 6.07) is 5.78. The van der Waals surface area contributed by atoms with Gasteiger partial charge in [-0.05, 0) is 67.7 Å². The van der Waals surface area contributed by atoms with E-state index in [2.05, 4.69) is 4.72 Å². The fourth-order valence-electron chi connectivity index (χ4n) is 3.54. The molecule has 3 rings (SSSR count). The second-order valence-electron chi connectivity index (χ2n) is 6.43. The van der Waals surface area contributed by atoms with Gasteiger partial charge in [-0.3, -0.25) is 0 Å². The maximum Gasteiger partial charge on any atom is 0.240 e. The van der Waals surface area contributed by atoms with Gasteiger partial charge in [0.1, 0.15) is 0 Å². The Bertz CT molecular complexity index is 619. The van der Waals surface area contributed by atoms with Crippen LogP contribution in [-0.4, -0.2) is 21.0 Å². The van der Waals surface area contributed by atoms with Crippen molar-refractivity contribution in [3.8, 4) is 0 Å². The molecule has 2 atom stereocenters. The van der Waals surface area contributed by atoms with Crippen molar-refractivity contribution in [2.75, 3.05) is 6.54 Å². The highest BCUT2D eigenvalue weighted by molar-refractivity contribution is 7.89. The zero-order chi connectivity index (χ0) is 14.9. The highest BCUT2D eigenvalue weighted by Crippen LogP contribution is 2.26. The molecule has 2 aliphatic rings. The van der Waals surface area contributed by atoms with Crippen LogP contribution in [-0.2, 0) is 22.9 Å². The average Bonchev–Trinajstić information content (AvgIpc) is 2.93. The molecular formula is C16H25ClN2O2S. The third kappa shape index (κ3) is 4.02. The van der Waals surface area contributed by atoms with E-state index in [0.717, 1.165) is 44.9 Å². The SMILES string of the molecule is Cl.NC1CCCC(CNS(=O)(=O)c2ccc3c(c2)CCC3)C1. The van der Waals surface area contributed by atoms with Crippen molar-refractivity contribution in [3.63, 3.8) is 0 Å². The summed E-state index contributed by atoms with van der Waals surface area (Å²) in [7, 11) is -3.39. The normalized spacial score (nSPS) is 24.6. The number of aryl methyl sites for hydroxylation is 2. The number of nitrogens with one attached hydrogen (secondary N) is 1. The first kappa shape index (κ1) is 17.7. The molecule has 6 heteroatoms. The van der Waals surface area contributed by atoms with Crippen LogP contribution in [0.2, 0.25) is 0 Å². The maximum atomic E-state index is 12.4. The van der Waals surface area contributed by atoms with Crippen molar-refractivity contribution in [2.45, 2.75) is 55.9 Å². The van der Waals surface area contributed by atoms with E-state index in [1.54, 1.807) is 6.07 Å². The number of hydrogen-bond acceptors (Lipinski definition) is 3. The Morgan fingerprint density at radius 2 is 1.91 bits per heavy atom. The van der Waals surface area contributed by atoms with Crippen LogP contribution in [0.5, 0.6) is 0 Å². The largest absolute Gasteiger partial charge is 0.328 e. The number of hydrogen-bond donors (Lipinski definition) is 2. The van der Waals surface area contributed by atoms with Gasteiger partial charge in [0.15, 0.2) is 0 Å². The molecule has 1 fully saturated rings. The van der Waals surface area contributed by atoms with E-state index in [4.69, 9.17) is 5.73 Å². The van der Waals surface area contributed by atoms with Gasteiger partial charge in [0, 0.05) is 12.6 Å². The number of fused-ring (bicyclic) bond motifs is 1. The molecule has 4 nitrogen and oxygen atoms in total. The molecule has 0 aliphatic heterocycles. The Balaban J connectivity index is 0.00000176. The first-order valence-electron chi connectivity index (χ1n) is 7.91. The fraction of sp³-hybridized carbons (Fsp3) is 0.625. The number of benzene rings is 1. The molecule has 0 radical (unpaired) electrons. The van der Waals surface area contributed by atoms with Gasteiger partial charge in [0.25, 0.3) is 0 Å². The molecule has 2 unspecified atom stereocenters. The van der Waals surface area contributed by atoms with Gasteiger partial charge in [-0.2, -0.15) is 0 Å². The first-order chi connectivity index (χ1) is 10.0. The second kappa shape index (κ2) is 7.30. The summed E-state index contributed by atoms with van der Waals surface area (Å²) in [6.07, 6.45) is 7.36. The fourth-order valence-corrected chi connectivity index (χ4v) is 4.71. The lowest BCUT2D eigenvalue weighted by atomic mass is 9.86. The summed E-state index contributed by atoms with van der Waals surface area (Å²) >= 11 is 0. The molecule has 0 amide bonds. The predicted octanol–water partition coefficient (Wildman–Crippen LogP) is 2.39. The summed E-state index contributed by atoms with van der Waals surface area (Å²) < 4.78 is 27.6. The van der Waals surface area contributed by atoms with Crippen molar-refractivity contribution in [1.29, 1.82) is 0 Å². The summed E-state index contributed by atoms with van der Waals surface area (Å²) in [5.41, 5.74) is 8.45. The average molecular weight is 345 g/mol. The van der Waals surface area contributed by atoms with Crippen molar-refractivity contribution in [2.24, 2.45) is 11.7 Å². The van der Waals surface area contributed by atoms with Crippen molar-refractivity contribution in [1.82, 2.24) is 4.72 Å². The molecule has 0 aromatic heterocycles. The van der Waals surface area contributed by atoms with E-state index in [1.807, 2.05) is 12.1 Å². The Kier molecular flexibility index (Phi) is 5.88. The Morgan fingerprint density at radius 1 is 1.14 bits per heavy atom. The summed E-state index contributed by atoms with van der Waals surface area (Å²) in [5.74, 6) is 0.373. The lowest BCUT2D eigenvalue weighted by molar-refractivity contribution is 0.322. The monoisotopic (exact) mass is 344 g/mol. The molecule has 1 aromatic carbocycles. The number of nitrogens with two attached hydrogens (primary N) is 1. The molecule has 0 saturated heterocycles. The summed E-state index contributed by atoms with van der Waals surface area (Å²) in [5, 5.41) is 0. The zero-order valence-electron chi connectivity index (χ0n) is 12.8. The minimum atomic E-state index is -3.39. The molecule has 0 bridgehead atoms. The maximum absolute atomic E-state index is 12.4. The van der Waals surface area contributed by atoms with Crippen LogP contribution in [0, 0.1) is 5.92 Å². The molecule has 0 spiro atoms. The minimum Gasteiger partial charge on any atom is -0.328 e. The van der Waals surface area contributed by atoms with Gasteiger partial charge < -0.3 is 5.73 Å².